The number of benzene rings is 2. The number of ether oxygens (including phenoxy) is 1. The summed E-state index contributed by atoms with van der Waals surface area (Å²) in [6.45, 7) is 2.13. The van der Waals surface area contributed by atoms with Crippen molar-refractivity contribution in [2.75, 3.05) is 5.73 Å². The first-order valence-corrected chi connectivity index (χ1v) is 7.90. The summed E-state index contributed by atoms with van der Waals surface area (Å²) in [6, 6.07) is 19.3. The predicted molar refractivity (Wildman–Crippen MR) is 98.1 cm³/mol. The fourth-order valence-corrected chi connectivity index (χ4v) is 2.76. The third-order valence-electron chi connectivity index (χ3n) is 3.90. The van der Waals surface area contributed by atoms with Crippen LogP contribution in [-0.2, 0) is 6.61 Å². The van der Waals surface area contributed by atoms with E-state index >= 15 is 0 Å². The van der Waals surface area contributed by atoms with Crippen molar-refractivity contribution in [3.63, 3.8) is 0 Å². The Labute approximate surface area is 146 Å². The second-order valence-corrected chi connectivity index (χ2v) is 5.67. The number of aromatic nitrogens is 1. The molecule has 0 fully saturated rings. The van der Waals surface area contributed by atoms with E-state index in [1.807, 2.05) is 67.6 Å². The summed E-state index contributed by atoms with van der Waals surface area (Å²) in [5, 5.41) is 0. The molecule has 1 aromatic heterocycles. The second-order valence-electron chi connectivity index (χ2n) is 5.67. The molecule has 1 heterocycles. The lowest BCUT2D eigenvalue weighted by molar-refractivity contribution is 0.0996. The summed E-state index contributed by atoms with van der Waals surface area (Å²) in [4.78, 5) is 16.3. The van der Waals surface area contributed by atoms with E-state index < -0.39 is 5.91 Å². The molecule has 5 heteroatoms. The highest BCUT2D eigenvalue weighted by molar-refractivity contribution is 6.02. The molecule has 0 aliphatic carbocycles. The monoisotopic (exact) mass is 333 g/mol. The van der Waals surface area contributed by atoms with E-state index in [4.69, 9.17) is 16.2 Å². The van der Waals surface area contributed by atoms with Crippen LogP contribution in [0.4, 0.5) is 5.82 Å². The molecule has 4 N–H and O–H groups in total. The molecule has 0 atom stereocenters. The first-order valence-electron chi connectivity index (χ1n) is 7.90. The van der Waals surface area contributed by atoms with Crippen molar-refractivity contribution in [2.45, 2.75) is 13.5 Å². The number of hydrogen-bond acceptors (Lipinski definition) is 4. The molecule has 3 rings (SSSR count). The van der Waals surface area contributed by atoms with Gasteiger partial charge in [-0.25, -0.2) is 4.98 Å². The predicted octanol–water partition coefficient (Wildman–Crippen LogP) is 3.32. The number of nitrogens with two attached hydrogens (primary N) is 2. The molecule has 0 spiro atoms. The minimum absolute atomic E-state index is 0.0766. The average molecular weight is 333 g/mol. The molecule has 0 bridgehead atoms. The van der Waals surface area contributed by atoms with Gasteiger partial charge < -0.3 is 16.2 Å². The molecule has 0 saturated carbocycles. The highest BCUT2D eigenvalue weighted by Gasteiger charge is 2.23. The van der Waals surface area contributed by atoms with E-state index in [9.17, 15) is 4.79 Å². The number of carbonyl (C=O) groups excluding carboxylic acids is 1. The molecule has 126 valence electrons. The number of aryl methyl sites for hydroxylation is 1. The SMILES string of the molecule is Cc1nc(N)c(C(N)=O)c(OCc2ccccc2)c1-c1ccccc1. The van der Waals surface area contributed by atoms with Gasteiger partial charge in [0.25, 0.3) is 5.91 Å². The summed E-state index contributed by atoms with van der Waals surface area (Å²) in [6.07, 6.45) is 0. The summed E-state index contributed by atoms with van der Waals surface area (Å²) < 4.78 is 6.01. The fraction of sp³-hybridized carbons (Fsp3) is 0.100. The Morgan fingerprint density at radius 2 is 1.64 bits per heavy atom. The number of amides is 1. The summed E-state index contributed by atoms with van der Waals surface area (Å²) in [5.41, 5.74) is 14.9. The molecule has 2 aromatic carbocycles. The van der Waals surface area contributed by atoms with Gasteiger partial charge in [-0.2, -0.15) is 0 Å². The molecule has 0 aliphatic rings. The van der Waals surface area contributed by atoms with Crippen LogP contribution in [0.5, 0.6) is 5.75 Å². The van der Waals surface area contributed by atoms with Crippen LogP contribution in [0.25, 0.3) is 11.1 Å². The molecule has 3 aromatic rings. The Bertz CT molecular complexity index is 894. The zero-order valence-corrected chi connectivity index (χ0v) is 13.9. The van der Waals surface area contributed by atoms with Gasteiger partial charge in [-0.3, -0.25) is 4.79 Å². The normalized spacial score (nSPS) is 10.4. The Morgan fingerprint density at radius 1 is 1.04 bits per heavy atom. The van der Waals surface area contributed by atoms with Gasteiger partial charge in [0, 0.05) is 5.56 Å². The van der Waals surface area contributed by atoms with Crippen LogP contribution < -0.4 is 16.2 Å². The minimum atomic E-state index is -0.662. The quantitative estimate of drug-likeness (QED) is 0.749. The maximum Gasteiger partial charge on any atom is 0.256 e. The zero-order chi connectivity index (χ0) is 17.8. The highest BCUT2D eigenvalue weighted by atomic mass is 16.5. The van der Waals surface area contributed by atoms with E-state index in [-0.39, 0.29) is 11.4 Å². The van der Waals surface area contributed by atoms with E-state index in [0.717, 1.165) is 16.7 Å². The van der Waals surface area contributed by atoms with Crippen molar-refractivity contribution in [2.24, 2.45) is 5.73 Å². The Hall–Kier alpha value is -3.34. The molecular formula is C20H19N3O2. The number of nitrogens with zero attached hydrogens (tertiary/aromatic N) is 1. The van der Waals surface area contributed by atoms with Gasteiger partial charge in [-0.15, -0.1) is 0 Å². The van der Waals surface area contributed by atoms with Gasteiger partial charge in [0.15, 0.2) is 0 Å². The Balaban J connectivity index is 2.13. The maximum atomic E-state index is 12.0. The summed E-state index contributed by atoms with van der Waals surface area (Å²) >= 11 is 0. The number of anilines is 1. The number of hydrogen-bond donors (Lipinski definition) is 2. The highest BCUT2D eigenvalue weighted by Crippen LogP contribution is 2.38. The molecule has 0 saturated heterocycles. The van der Waals surface area contributed by atoms with Crippen LogP contribution in [0.15, 0.2) is 60.7 Å². The van der Waals surface area contributed by atoms with Crippen molar-refractivity contribution >= 4 is 11.7 Å². The van der Waals surface area contributed by atoms with Crippen LogP contribution >= 0.6 is 0 Å². The van der Waals surface area contributed by atoms with Gasteiger partial charge in [0.2, 0.25) is 0 Å². The molecule has 0 aliphatic heterocycles. The molecular weight excluding hydrogens is 314 g/mol. The van der Waals surface area contributed by atoms with Crippen LogP contribution in [0.2, 0.25) is 0 Å². The third-order valence-corrected chi connectivity index (χ3v) is 3.90. The lowest BCUT2D eigenvalue weighted by Gasteiger charge is -2.18. The minimum Gasteiger partial charge on any atom is -0.487 e. The van der Waals surface area contributed by atoms with E-state index in [1.165, 1.54) is 0 Å². The van der Waals surface area contributed by atoms with E-state index in [0.29, 0.717) is 18.1 Å². The summed E-state index contributed by atoms with van der Waals surface area (Å²) in [7, 11) is 0. The van der Waals surface area contributed by atoms with Gasteiger partial charge in [-0.1, -0.05) is 60.7 Å². The third kappa shape index (κ3) is 3.45. The van der Waals surface area contributed by atoms with E-state index in [1.54, 1.807) is 0 Å². The van der Waals surface area contributed by atoms with Crippen molar-refractivity contribution in [3.05, 3.63) is 77.5 Å². The number of carbonyl (C=O) groups is 1. The van der Waals surface area contributed by atoms with Gasteiger partial charge >= 0.3 is 0 Å². The van der Waals surface area contributed by atoms with E-state index in [2.05, 4.69) is 4.98 Å². The average Bonchev–Trinajstić information content (AvgIpc) is 2.61. The molecule has 5 nitrogen and oxygen atoms in total. The molecule has 25 heavy (non-hydrogen) atoms. The lowest BCUT2D eigenvalue weighted by Crippen LogP contribution is -2.18. The van der Waals surface area contributed by atoms with Gasteiger partial charge in [0.1, 0.15) is 23.7 Å². The van der Waals surface area contributed by atoms with Crippen LogP contribution in [0.1, 0.15) is 21.6 Å². The van der Waals surface area contributed by atoms with Crippen molar-refractivity contribution < 1.29 is 9.53 Å². The molecule has 0 unspecified atom stereocenters. The topological polar surface area (TPSA) is 91.2 Å². The maximum absolute atomic E-state index is 12.0. The number of rotatable bonds is 5. The first kappa shape index (κ1) is 16.5. The fourth-order valence-electron chi connectivity index (χ4n) is 2.76. The number of primary amides is 1. The standard InChI is InChI=1S/C20H19N3O2/c1-13-16(15-10-6-3-7-11-15)18(17(20(22)24)19(21)23-13)25-12-14-8-4-2-5-9-14/h2-11H,12H2,1H3,(H2,21,23)(H2,22,24). The largest absolute Gasteiger partial charge is 0.487 e. The number of pyridine rings is 1. The first-order chi connectivity index (χ1) is 12.1. The second kappa shape index (κ2) is 7.05. The van der Waals surface area contributed by atoms with Gasteiger partial charge in [-0.05, 0) is 18.1 Å². The zero-order valence-electron chi connectivity index (χ0n) is 13.9. The molecule has 1 amide bonds. The lowest BCUT2D eigenvalue weighted by atomic mass is 10.00. The molecule has 0 radical (unpaired) electrons. The number of nitrogen functional groups attached to an aromatic ring is 1. The van der Waals surface area contributed by atoms with Crippen molar-refractivity contribution in [3.8, 4) is 16.9 Å². The van der Waals surface area contributed by atoms with Crippen LogP contribution in [0, 0.1) is 6.92 Å². The van der Waals surface area contributed by atoms with Crippen molar-refractivity contribution in [1.29, 1.82) is 0 Å². The van der Waals surface area contributed by atoms with Gasteiger partial charge in [0.05, 0.1) is 5.69 Å². The Kier molecular flexibility index (Phi) is 4.66. The Morgan fingerprint density at radius 3 is 2.24 bits per heavy atom. The van der Waals surface area contributed by atoms with Crippen LogP contribution in [0.3, 0.4) is 0 Å². The van der Waals surface area contributed by atoms with Crippen LogP contribution in [-0.4, -0.2) is 10.9 Å². The summed E-state index contributed by atoms with van der Waals surface area (Å²) in [5.74, 6) is -0.217. The van der Waals surface area contributed by atoms with Crippen molar-refractivity contribution in [1.82, 2.24) is 4.98 Å². The smallest absolute Gasteiger partial charge is 0.256 e.